The van der Waals surface area contributed by atoms with Crippen LogP contribution in [-0.2, 0) is 51.2 Å². The molecule has 2 aromatic rings. The van der Waals surface area contributed by atoms with Crippen molar-refractivity contribution in [1.82, 2.24) is 40.9 Å². The predicted molar refractivity (Wildman–Crippen MR) is 260 cm³/mol. The zero-order chi connectivity index (χ0) is 49.0. The van der Waals surface area contributed by atoms with Gasteiger partial charge in [-0.1, -0.05) is 120 Å². The quantitative estimate of drug-likeness (QED) is 0.219. The van der Waals surface area contributed by atoms with Crippen molar-refractivity contribution in [2.45, 2.75) is 147 Å². The first-order valence-electron chi connectivity index (χ1n) is 24.0. The molecule has 2 heterocycles. The van der Waals surface area contributed by atoms with Crippen LogP contribution in [0, 0.1) is 0 Å². The number of unbranched alkanes of at least 4 members (excludes halogenated alkanes) is 3. The van der Waals surface area contributed by atoms with Crippen LogP contribution in [-0.4, -0.2) is 155 Å². The fraction of sp³-hybridized carbons (Fsp3) is 0.600. The van der Waals surface area contributed by atoms with Gasteiger partial charge in [0.25, 0.3) is 0 Å². The highest BCUT2D eigenvalue weighted by Gasteiger charge is 2.44. The molecule has 0 saturated carbocycles. The molecule has 0 aliphatic carbocycles. The minimum Gasteiger partial charge on any atom is -0.357 e. The Bertz CT molecular complexity index is 1970. The highest BCUT2D eigenvalue weighted by Crippen LogP contribution is 2.25. The fourth-order valence-electron chi connectivity index (χ4n) is 8.80. The average Bonchev–Trinajstić information content (AvgIpc) is 3.83. The van der Waals surface area contributed by atoms with Gasteiger partial charge in [0, 0.05) is 53.3 Å². The molecular formula is C50H74N8O8S. The second-order valence-corrected chi connectivity index (χ2v) is 18.8. The van der Waals surface area contributed by atoms with E-state index in [1.165, 1.54) is 33.7 Å². The lowest BCUT2D eigenvalue weighted by atomic mass is 10.00. The van der Waals surface area contributed by atoms with Gasteiger partial charge in [-0.25, -0.2) is 0 Å². The van der Waals surface area contributed by atoms with Gasteiger partial charge in [-0.05, 0) is 43.2 Å². The Balaban J connectivity index is 1.82. The molecule has 7 atom stereocenters. The van der Waals surface area contributed by atoms with Crippen LogP contribution in [0.1, 0.15) is 103 Å². The van der Waals surface area contributed by atoms with E-state index in [1.54, 1.807) is 14.1 Å². The van der Waals surface area contributed by atoms with Gasteiger partial charge in [0.1, 0.15) is 42.3 Å². The summed E-state index contributed by atoms with van der Waals surface area (Å²) in [4.78, 5) is 120. The third kappa shape index (κ3) is 15.3. The summed E-state index contributed by atoms with van der Waals surface area (Å²) in [7, 11) is 6.06. The number of amides is 8. The molecule has 2 fully saturated rings. The van der Waals surface area contributed by atoms with E-state index < -0.39 is 83.6 Å². The second-order valence-electron chi connectivity index (χ2n) is 17.8. The smallest absolute Gasteiger partial charge is 0.246 e. The van der Waals surface area contributed by atoms with Crippen molar-refractivity contribution in [1.29, 1.82) is 0 Å². The van der Waals surface area contributed by atoms with Crippen molar-refractivity contribution < 1.29 is 38.4 Å². The molecule has 2 aliphatic rings. The molecule has 2 aromatic carbocycles. The normalized spacial score (nSPS) is 24.7. The van der Waals surface area contributed by atoms with Crippen molar-refractivity contribution >= 4 is 59.0 Å². The molecule has 2 saturated heterocycles. The lowest BCUT2D eigenvalue weighted by Gasteiger charge is -2.37. The van der Waals surface area contributed by atoms with E-state index in [9.17, 15) is 38.4 Å². The van der Waals surface area contributed by atoms with Crippen molar-refractivity contribution in [3.05, 3.63) is 71.8 Å². The minimum atomic E-state index is -1.09. The Hall–Kier alpha value is -5.45. The molecule has 4 rings (SSSR count). The van der Waals surface area contributed by atoms with Gasteiger partial charge < -0.3 is 40.9 Å². The zero-order valence-electron chi connectivity index (χ0n) is 40.6. The number of hydrogen-bond acceptors (Lipinski definition) is 9. The summed E-state index contributed by atoms with van der Waals surface area (Å²) in [6, 6.07) is 11.3. The van der Waals surface area contributed by atoms with Crippen LogP contribution in [0.25, 0.3) is 0 Å². The van der Waals surface area contributed by atoms with Crippen LogP contribution in [0.5, 0.6) is 0 Å². The van der Waals surface area contributed by atoms with E-state index in [2.05, 4.69) is 21.3 Å². The summed E-state index contributed by atoms with van der Waals surface area (Å²) < 4.78 is 0. The van der Waals surface area contributed by atoms with Gasteiger partial charge in [0.15, 0.2) is 0 Å². The zero-order valence-corrected chi connectivity index (χ0v) is 41.4. The molecule has 17 heteroatoms. The van der Waals surface area contributed by atoms with Crippen LogP contribution in [0.15, 0.2) is 60.7 Å². The first kappa shape index (κ1) is 54.2. The van der Waals surface area contributed by atoms with Crippen LogP contribution >= 0.6 is 11.8 Å². The summed E-state index contributed by atoms with van der Waals surface area (Å²) in [5.41, 5.74) is 1.56. The number of thioether (sulfide) groups is 1. The SMILES string of the molecule is CCCC[C@@H]1NC(=O)[C@H](Cc2ccccc2)N(C)C(=O)[C@@H]2CCCN2C(=O)[C@H](CCCC)N(C)C(=O)[C@H](Cc2ccccc2)NC(=O)CSC[C@@H](C(=O)NC)NC(=O)[C@H](CCCC)N(C)C1=O. The van der Waals surface area contributed by atoms with E-state index >= 15 is 0 Å². The molecule has 0 aromatic heterocycles. The predicted octanol–water partition coefficient (Wildman–Crippen LogP) is 3.46. The number of carbonyl (C=O) groups is 8. The number of nitrogens with one attached hydrogen (secondary N) is 4. The maximum Gasteiger partial charge on any atom is 0.246 e. The van der Waals surface area contributed by atoms with E-state index in [1.807, 2.05) is 81.4 Å². The van der Waals surface area contributed by atoms with Crippen molar-refractivity contribution in [2.24, 2.45) is 0 Å². The topological polar surface area (TPSA) is 198 Å². The number of nitrogens with zero attached hydrogens (tertiary/aromatic N) is 4. The maximum atomic E-state index is 14.8. The molecule has 0 radical (unpaired) electrons. The standard InChI is InChI=1S/C50H74N8O8S/c1-8-11-25-36-47(63)55(5)39(26-12-9-2)45(61)54-38(44(60)51-4)32-67-33-43(59)52-37(30-34-21-16-14-17-22-34)48(64)56(6)40(27-13-10-3)50(66)58-29-20-28-41(58)49(65)57(7)42(46(62)53-36)31-35-23-18-15-19-24-35/h14-19,21-24,36-42H,8-13,20,25-33H2,1-7H3,(H,51,60)(H,52,59)(H,53,62)(H,54,61)/t36-,37-,38-,39-,40-,41-,42-/m0/s1. The lowest BCUT2D eigenvalue weighted by Crippen LogP contribution is -2.60. The number of likely N-dealkylation sites (N-methyl/N-ethyl adjacent to an activating group) is 4. The second kappa shape index (κ2) is 27.4. The largest absolute Gasteiger partial charge is 0.357 e. The molecule has 368 valence electrons. The number of carbonyl (C=O) groups excluding carboxylic acids is 8. The molecule has 0 spiro atoms. The van der Waals surface area contributed by atoms with Crippen LogP contribution in [0.2, 0.25) is 0 Å². The van der Waals surface area contributed by atoms with E-state index in [-0.39, 0.29) is 49.6 Å². The molecule has 0 bridgehead atoms. The van der Waals surface area contributed by atoms with Crippen LogP contribution < -0.4 is 21.3 Å². The van der Waals surface area contributed by atoms with Gasteiger partial charge >= 0.3 is 0 Å². The third-order valence-corrected chi connectivity index (χ3v) is 13.9. The summed E-state index contributed by atoms with van der Waals surface area (Å²) in [6.07, 6.45) is 5.97. The molecule has 16 nitrogen and oxygen atoms in total. The number of fused-ring (bicyclic) bond motifs is 1. The highest BCUT2D eigenvalue weighted by molar-refractivity contribution is 8.00. The first-order valence-corrected chi connectivity index (χ1v) is 25.2. The molecule has 67 heavy (non-hydrogen) atoms. The number of hydrogen-bond donors (Lipinski definition) is 4. The Morgan fingerprint density at radius 1 is 0.627 bits per heavy atom. The molecule has 0 unspecified atom stereocenters. The number of rotatable bonds is 14. The summed E-state index contributed by atoms with van der Waals surface area (Å²) in [5, 5.41) is 11.3. The third-order valence-electron chi connectivity index (χ3n) is 12.9. The van der Waals surface area contributed by atoms with Crippen LogP contribution in [0.3, 0.4) is 0 Å². The first-order chi connectivity index (χ1) is 32.2. The molecule has 4 N–H and O–H groups in total. The van der Waals surface area contributed by atoms with Gasteiger partial charge in [0.2, 0.25) is 47.3 Å². The highest BCUT2D eigenvalue weighted by atomic mass is 32.2. The maximum absolute atomic E-state index is 14.8. The average molecular weight is 947 g/mol. The Labute approximate surface area is 401 Å². The summed E-state index contributed by atoms with van der Waals surface area (Å²) in [5.74, 6) is -4.05. The molecular weight excluding hydrogens is 873 g/mol. The lowest BCUT2D eigenvalue weighted by molar-refractivity contribution is -0.152. The fourth-order valence-corrected chi connectivity index (χ4v) is 9.66. The van der Waals surface area contributed by atoms with Crippen molar-refractivity contribution in [3.8, 4) is 0 Å². The number of benzene rings is 2. The Kier molecular flexibility index (Phi) is 22.1. The van der Waals surface area contributed by atoms with E-state index in [4.69, 9.17) is 0 Å². The van der Waals surface area contributed by atoms with E-state index in [0.29, 0.717) is 38.5 Å². The monoisotopic (exact) mass is 947 g/mol. The molecule has 2 aliphatic heterocycles. The van der Waals surface area contributed by atoms with Gasteiger partial charge in [0.05, 0.1) is 5.75 Å². The van der Waals surface area contributed by atoms with Crippen LogP contribution in [0.4, 0.5) is 0 Å². The Morgan fingerprint density at radius 3 is 1.75 bits per heavy atom. The molecule has 8 amide bonds. The van der Waals surface area contributed by atoms with Crippen molar-refractivity contribution in [3.63, 3.8) is 0 Å². The van der Waals surface area contributed by atoms with Crippen molar-refractivity contribution in [2.75, 3.05) is 46.2 Å². The van der Waals surface area contributed by atoms with Gasteiger partial charge in [-0.15, -0.1) is 11.8 Å². The minimum absolute atomic E-state index is 0.00299. The summed E-state index contributed by atoms with van der Waals surface area (Å²) >= 11 is 1.10. The Morgan fingerprint density at radius 2 is 1.15 bits per heavy atom. The van der Waals surface area contributed by atoms with Gasteiger partial charge in [-0.2, -0.15) is 0 Å². The van der Waals surface area contributed by atoms with E-state index in [0.717, 1.165) is 42.2 Å². The summed E-state index contributed by atoms with van der Waals surface area (Å²) in [6.45, 7) is 6.19. The van der Waals surface area contributed by atoms with Gasteiger partial charge in [-0.3, -0.25) is 38.4 Å².